The first kappa shape index (κ1) is 8.51. The zero-order chi connectivity index (χ0) is 7.94. The van der Waals surface area contributed by atoms with E-state index < -0.39 is 0 Å². The summed E-state index contributed by atoms with van der Waals surface area (Å²) in [6, 6.07) is 0. The van der Waals surface area contributed by atoms with Gasteiger partial charge in [-0.1, -0.05) is 6.08 Å². The largest absolute Gasteiger partial charge is 0.294 e. The number of hydrogen-bond donors (Lipinski definition) is 0. The molecule has 1 aliphatic rings. The van der Waals surface area contributed by atoms with E-state index in [9.17, 15) is 0 Å². The molecule has 1 heterocycles. The maximum absolute atomic E-state index is 4.42. The van der Waals surface area contributed by atoms with Crippen molar-refractivity contribution in [3.63, 3.8) is 0 Å². The van der Waals surface area contributed by atoms with Crippen LogP contribution >= 0.6 is 0 Å². The molecule has 11 heavy (non-hydrogen) atoms. The van der Waals surface area contributed by atoms with Crippen molar-refractivity contribution in [1.82, 2.24) is 0 Å². The number of hydrogen-bond acceptors (Lipinski definition) is 1. The van der Waals surface area contributed by atoms with Crippen molar-refractivity contribution in [1.29, 1.82) is 0 Å². The van der Waals surface area contributed by atoms with E-state index in [0.717, 1.165) is 13.0 Å². The molecule has 0 atom stereocenters. The summed E-state index contributed by atoms with van der Waals surface area (Å²) < 4.78 is 0. The molecule has 0 radical (unpaired) electrons. The van der Waals surface area contributed by atoms with Crippen LogP contribution < -0.4 is 0 Å². The third-order valence-electron chi connectivity index (χ3n) is 2.08. The zero-order valence-corrected chi connectivity index (χ0v) is 7.18. The molecule has 0 aromatic rings. The van der Waals surface area contributed by atoms with E-state index in [2.05, 4.69) is 11.6 Å². The molecule has 1 nitrogen and oxygen atoms in total. The minimum absolute atomic E-state index is 1.08. The summed E-state index contributed by atoms with van der Waals surface area (Å²) >= 11 is 0. The van der Waals surface area contributed by atoms with E-state index in [1.165, 1.54) is 37.8 Å². The van der Waals surface area contributed by atoms with Crippen molar-refractivity contribution in [2.75, 3.05) is 6.54 Å². The van der Waals surface area contributed by atoms with Crippen LogP contribution in [0.25, 0.3) is 0 Å². The second kappa shape index (κ2) is 5.11. The van der Waals surface area contributed by atoms with Crippen molar-refractivity contribution < 1.29 is 0 Å². The molecule has 0 saturated carbocycles. The highest BCUT2D eigenvalue weighted by Gasteiger charge is 2.04. The van der Waals surface area contributed by atoms with Crippen molar-refractivity contribution in [2.45, 2.75) is 38.5 Å². The average Bonchev–Trinajstić information content (AvgIpc) is 2.50. The Bertz CT molecular complexity index is 147. The normalized spacial score (nSPS) is 16.5. The summed E-state index contributed by atoms with van der Waals surface area (Å²) in [4.78, 5) is 4.42. The van der Waals surface area contributed by atoms with Crippen molar-refractivity contribution >= 4 is 5.71 Å². The maximum Gasteiger partial charge on any atom is 0.0392 e. The molecule has 0 bridgehead atoms. The number of unbranched alkanes of at least 4 members (excludes halogenated alkanes) is 2. The first-order chi connectivity index (χ1) is 5.43. The van der Waals surface area contributed by atoms with Crippen molar-refractivity contribution in [3.8, 4) is 0 Å². The van der Waals surface area contributed by atoms with E-state index in [-0.39, 0.29) is 0 Å². The second-order valence-electron chi connectivity index (χ2n) is 3.09. The van der Waals surface area contributed by atoms with Crippen LogP contribution in [-0.2, 0) is 0 Å². The fourth-order valence-electron chi connectivity index (χ4n) is 1.42. The van der Waals surface area contributed by atoms with Gasteiger partial charge in [0.05, 0.1) is 0 Å². The molecule has 62 valence electrons. The molecule has 0 aliphatic carbocycles. The number of allylic oxidation sites excluding steroid dienone is 1. The van der Waals surface area contributed by atoms with Gasteiger partial charge in [-0.2, -0.15) is 0 Å². The van der Waals surface area contributed by atoms with Gasteiger partial charge in [-0.05, 0) is 38.5 Å². The lowest BCUT2D eigenvalue weighted by Gasteiger charge is -1.97. The van der Waals surface area contributed by atoms with Gasteiger partial charge in [0, 0.05) is 12.3 Å². The fourth-order valence-corrected chi connectivity index (χ4v) is 1.42. The maximum atomic E-state index is 4.42. The molecular formula is C10H17N. The first-order valence-corrected chi connectivity index (χ1v) is 4.56. The average molecular weight is 151 g/mol. The van der Waals surface area contributed by atoms with E-state index >= 15 is 0 Å². The second-order valence-corrected chi connectivity index (χ2v) is 3.09. The summed E-state index contributed by atoms with van der Waals surface area (Å²) in [5.74, 6) is 0. The Kier molecular flexibility index (Phi) is 3.95. The molecule has 1 aliphatic heterocycles. The lowest BCUT2D eigenvalue weighted by Crippen LogP contribution is -1.91. The van der Waals surface area contributed by atoms with Gasteiger partial charge in [-0.25, -0.2) is 0 Å². The van der Waals surface area contributed by atoms with Gasteiger partial charge in [0.2, 0.25) is 0 Å². The molecule has 0 spiro atoms. The lowest BCUT2D eigenvalue weighted by atomic mass is 10.1. The summed E-state index contributed by atoms with van der Waals surface area (Å²) in [5.41, 5.74) is 1.45. The lowest BCUT2D eigenvalue weighted by molar-refractivity contribution is 0.774. The van der Waals surface area contributed by atoms with Gasteiger partial charge in [0.1, 0.15) is 0 Å². The van der Waals surface area contributed by atoms with Gasteiger partial charge in [0.15, 0.2) is 0 Å². The van der Waals surface area contributed by atoms with E-state index in [1.54, 1.807) is 0 Å². The Morgan fingerprint density at radius 2 is 2.36 bits per heavy atom. The summed E-state index contributed by atoms with van der Waals surface area (Å²) in [6.07, 6.45) is 9.51. The molecule has 0 unspecified atom stereocenters. The van der Waals surface area contributed by atoms with Gasteiger partial charge in [-0.15, -0.1) is 6.58 Å². The molecule has 1 rings (SSSR count). The first-order valence-electron chi connectivity index (χ1n) is 4.56. The fraction of sp³-hybridized carbons (Fsp3) is 0.700. The predicted molar refractivity (Wildman–Crippen MR) is 50.2 cm³/mol. The third kappa shape index (κ3) is 3.35. The van der Waals surface area contributed by atoms with Crippen LogP contribution in [0, 0.1) is 0 Å². The number of aliphatic imine (C=N–C) groups is 1. The van der Waals surface area contributed by atoms with E-state index in [0.29, 0.717) is 0 Å². The van der Waals surface area contributed by atoms with Crippen LogP contribution in [0.5, 0.6) is 0 Å². The molecule has 0 saturated heterocycles. The number of rotatable bonds is 5. The SMILES string of the molecule is C=CCCCCC1=NCCC1. The van der Waals surface area contributed by atoms with Crippen molar-refractivity contribution in [3.05, 3.63) is 12.7 Å². The standard InChI is InChI=1S/C10H17N/c1-2-3-4-5-7-10-8-6-9-11-10/h2H,1,3-9H2. The topological polar surface area (TPSA) is 12.4 Å². The van der Waals surface area contributed by atoms with Gasteiger partial charge >= 0.3 is 0 Å². The Morgan fingerprint density at radius 1 is 1.45 bits per heavy atom. The monoisotopic (exact) mass is 151 g/mol. The predicted octanol–water partition coefficient (Wildman–Crippen LogP) is 2.97. The van der Waals surface area contributed by atoms with Crippen molar-refractivity contribution in [2.24, 2.45) is 4.99 Å². The molecule has 0 aromatic heterocycles. The minimum Gasteiger partial charge on any atom is -0.294 e. The van der Waals surface area contributed by atoms with Crippen LogP contribution in [0.3, 0.4) is 0 Å². The van der Waals surface area contributed by atoms with E-state index in [1.807, 2.05) is 6.08 Å². The highest BCUT2D eigenvalue weighted by Crippen LogP contribution is 2.10. The van der Waals surface area contributed by atoms with E-state index in [4.69, 9.17) is 0 Å². The highest BCUT2D eigenvalue weighted by atomic mass is 14.8. The molecule has 0 aromatic carbocycles. The minimum atomic E-state index is 1.08. The van der Waals surface area contributed by atoms with Crippen LogP contribution in [0.4, 0.5) is 0 Å². The summed E-state index contributed by atoms with van der Waals surface area (Å²) in [7, 11) is 0. The van der Waals surface area contributed by atoms with Gasteiger partial charge in [0.25, 0.3) is 0 Å². The third-order valence-corrected chi connectivity index (χ3v) is 2.08. The zero-order valence-electron chi connectivity index (χ0n) is 7.18. The summed E-state index contributed by atoms with van der Waals surface area (Å²) in [5, 5.41) is 0. The highest BCUT2D eigenvalue weighted by molar-refractivity contribution is 5.85. The van der Waals surface area contributed by atoms with Crippen LogP contribution in [0.1, 0.15) is 38.5 Å². The molecule has 1 heteroatoms. The van der Waals surface area contributed by atoms with Gasteiger partial charge in [-0.3, -0.25) is 4.99 Å². The molecule has 0 fully saturated rings. The van der Waals surface area contributed by atoms with Crippen LogP contribution in [-0.4, -0.2) is 12.3 Å². The Morgan fingerprint density at radius 3 is 3.00 bits per heavy atom. The van der Waals surface area contributed by atoms with Crippen LogP contribution in [0.2, 0.25) is 0 Å². The quantitative estimate of drug-likeness (QED) is 0.423. The molecule has 0 N–H and O–H groups in total. The van der Waals surface area contributed by atoms with Crippen LogP contribution in [0.15, 0.2) is 17.6 Å². The Labute approximate surface area is 69.2 Å². The molecule has 0 amide bonds. The Hall–Kier alpha value is -0.590. The smallest absolute Gasteiger partial charge is 0.0392 e. The Balaban J connectivity index is 1.98. The summed E-state index contributed by atoms with van der Waals surface area (Å²) in [6.45, 7) is 4.78. The molecular weight excluding hydrogens is 134 g/mol. The van der Waals surface area contributed by atoms with Gasteiger partial charge < -0.3 is 0 Å². The number of nitrogens with zero attached hydrogens (tertiary/aromatic N) is 1.